The maximum absolute atomic E-state index is 13.0. The summed E-state index contributed by atoms with van der Waals surface area (Å²) in [5.74, 6) is -0.0530. The zero-order valence-corrected chi connectivity index (χ0v) is 14.2. The topological polar surface area (TPSA) is 62.8 Å². The summed E-state index contributed by atoms with van der Waals surface area (Å²) in [7, 11) is 0. The van der Waals surface area contributed by atoms with Crippen molar-refractivity contribution >= 4 is 23.2 Å². The number of alkyl halides is 3. The van der Waals surface area contributed by atoms with Crippen LogP contribution in [0.3, 0.4) is 0 Å². The monoisotopic (exact) mass is 369 g/mol. The van der Waals surface area contributed by atoms with Crippen molar-refractivity contribution in [2.75, 3.05) is 0 Å². The number of thioether (sulfide) groups is 1. The SMILES string of the molecule is Cc1cc(O)c(C2=Nc3cc(C(F)(F)F)ccc3SC(C)C2)c(=O)o1. The molecule has 1 unspecified atom stereocenters. The fourth-order valence-corrected chi connectivity index (χ4v) is 3.67. The van der Waals surface area contributed by atoms with E-state index < -0.39 is 17.4 Å². The molecular weight excluding hydrogens is 355 g/mol. The molecule has 0 aliphatic carbocycles. The molecule has 1 N–H and O–H groups in total. The van der Waals surface area contributed by atoms with Gasteiger partial charge in [0.25, 0.3) is 0 Å². The summed E-state index contributed by atoms with van der Waals surface area (Å²) in [6.07, 6.45) is -4.18. The lowest BCUT2D eigenvalue weighted by Gasteiger charge is -2.10. The van der Waals surface area contributed by atoms with Gasteiger partial charge in [-0.25, -0.2) is 4.79 Å². The highest BCUT2D eigenvalue weighted by atomic mass is 32.2. The maximum atomic E-state index is 13.0. The standard InChI is InChI=1S/C17H14F3NO3S/c1-8-5-13(22)15(16(23)24-8)12-6-9(2)25-14-4-3-10(17(18,19)20)7-11(14)21-12/h3-5,7,9,22H,6H2,1-2H3. The predicted molar refractivity (Wildman–Crippen MR) is 89.0 cm³/mol. The Bertz CT molecular complexity index is 918. The van der Waals surface area contributed by atoms with Gasteiger partial charge in [-0.05, 0) is 25.1 Å². The van der Waals surface area contributed by atoms with Crippen LogP contribution in [0.5, 0.6) is 5.75 Å². The molecule has 0 radical (unpaired) electrons. The van der Waals surface area contributed by atoms with Gasteiger partial charge in [0.05, 0.1) is 17.0 Å². The molecule has 3 rings (SSSR count). The smallest absolute Gasteiger partial charge is 0.416 e. The summed E-state index contributed by atoms with van der Waals surface area (Å²) in [6, 6.07) is 4.63. The number of hydrogen-bond acceptors (Lipinski definition) is 5. The third-order valence-corrected chi connectivity index (χ3v) is 4.86. The summed E-state index contributed by atoms with van der Waals surface area (Å²) < 4.78 is 43.9. The Kier molecular flexibility index (Phi) is 4.40. The van der Waals surface area contributed by atoms with Gasteiger partial charge in [-0.2, -0.15) is 13.2 Å². The van der Waals surface area contributed by atoms with Crippen molar-refractivity contribution < 1.29 is 22.7 Å². The summed E-state index contributed by atoms with van der Waals surface area (Å²) in [5, 5.41) is 10.1. The average molecular weight is 369 g/mol. The van der Waals surface area contributed by atoms with Crippen LogP contribution >= 0.6 is 11.8 Å². The van der Waals surface area contributed by atoms with E-state index in [2.05, 4.69) is 4.99 Å². The van der Waals surface area contributed by atoms with Crippen LogP contribution in [0.25, 0.3) is 0 Å². The Hall–Kier alpha value is -2.22. The van der Waals surface area contributed by atoms with Gasteiger partial charge in [0, 0.05) is 22.6 Å². The number of aryl methyl sites for hydroxylation is 1. The van der Waals surface area contributed by atoms with Crippen LogP contribution in [0.15, 0.2) is 43.4 Å². The first-order valence-corrected chi connectivity index (χ1v) is 8.32. The van der Waals surface area contributed by atoms with Crippen LogP contribution in [0.4, 0.5) is 18.9 Å². The maximum Gasteiger partial charge on any atom is 0.416 e. The van der Waals surface area contributed by atoms with Crippen molar-refractivity contribution in [2.24, 2.45) is 4.99 Å². The number of nitrogens with zero attached hydrogens (tertiary/aromatic N) is 1. The number of aromatic hydroxyl groups is 1. The molecule has 0 saturated carbocycles. The lowest BCUT2D eigenvalue weighted by atomic mass is 10.1. The molecule has 1 atom stereocenters. The minimum Gasteiger partial charge on any atom is -0.507 e. The quantitative estimate of drug-likeness (QED) is 0.793. The van der Waals surface area contributed by atoms with Crippen LogP contribution in [0.2, 0.25) is 0 Å². The molecule has 0 bridgehead atoms. The highest BCUT2D eigenvalue weighted by Gasteiger charge is 2.32. The first-order chi connectivity index (χ1) is 11.6. The molecule has 1 aromatic carbocycles. The third-order valence-electron chi connectivity index (χ3n) is 3.69. The first-order valence-electron chi connectivity index (χ1n) is 7.44. The molecule has 1 aliphatic heterocycles. The largest absolute Gasteiger partial charge is 0.507 e. The average Bonchev–Trinajstić information content (AvgIpc) is 2.62. The van der Waals surface area contributed by atoms with E-state index in [1.807, 2.05) is 6.92 Å². The van der Waals surface area contributed by atoms with E-state index in [4.69, 9.17) is 4.42 Å². The molecule has 1 aliphatic rings. The fraction of sp³-hybridized carbons (Fsp3) is 0.294. The van der Waals surface area contributed by atoms with Crippen LogP contribution in [0.1, 0.15) is 30.2 Å². The molecule has 0 saturated heterocycles. The highest BCUT2D eigenvalue weighted by molar-refractivity contribution is 8.00. The number of benzene rings is 1. The van der Waals surface area contributed by atoms with Crippen molar-refractivity contribution in [3.63, 3.8) is 0 Å². The second kappa shape index (κ2) is 6.25. The molecule has 4 nitrogen and oxygen atoms in total. The molecule has 8 heteroatoms. The second-order valence-electron chi connectivity index (χ2n) is 5.78. The normalized spacial score (nSPS) is 17.6. The van der Waals surface area contributed by atoms with Crippen LogP contribution in [-0.2, 0) is 6.18 Å². The van der Waals surface area contributed by atoms with E-state index in [0.29, 0.717) is 11.3 Å². The van der Waals surface area contributed by atoms with Crippen LogP contribution in [0, 0.1) is 6.92 Å². The van der Waals surface area contributed by atoms with Gasteiger partial charge in [-0.1, -0.05) is 6.92 Å². The molecule has 0 spiro atoms. The second-order valence-corrected chi connectivity index (χ2v) is 7.26. The number of aliphatic imine (C=N–C) groups is 1. The molecule has 0 amide bonds. The van der Waals surface area contributed by atoms with Gasteiger partial charge >= 0.3 is 11.8 Å². The van der Waals surface area contributed by atoms with Gasteiger partial charge < -0.3 is 9.52 Å². The lowest BCUT2D eigenvalue weighted by Crippen LogP contribution is -2.17. The summed E-state index contributed by atoms with van der Waals surface area (Å²) in [5.41, 5.74) is -1.35. The van der Waals surface area contributed by atoms with E-state index in [1.165, 1.54) is 30.8 Å². The summed E-state index contributed by atoms with van der Waals surface area (Å²) >= 11 is 1.37. The van der Waals surface area contributed by atoms with Crippen molar-refractivity contribution in [2.45, 2.75) is 36.6 Å². The number of halogens is 3. The highest BCUT2D eigenvalue weighted by Crippen LogP contribution is 2.41. The van der Waals surface area contributed by atoms with Crippen molar-refractivity contribution in [1.82, 2.24) is 0 Å². The van der Waals surface area contributed by atoms with Crippen LogP contribution < -0.4 is 5.63 Å². The Morgan fingerprint density at radius 1 is 1.32 bits per heavy atom. The lowest BCUT2D eigenvalue weighted by molar-refractivity contribution is -0.137. The molecular formula is C17H14F3NO3S. The minimum absolute atomic E-state index is 0.0446. The zero-order valence-electron chi connectivity index (χ0n) is 13.3. The van der Waals surface area contributed by atoms with Gasteiger partial charge in [0.1, 0.15) is 17.1 Å². The summed E-state index contributed by atoms with van der Waals surface area (Å²) in [4.78, 5) is 17.0. The van der Waals surface area contributed by atoms with E-state index in [-0.39, 0.29) is 33.7 Å². The zero-order chi connectivity index (χ0) is 18.4. The first kappa shape index (κ1) is 17.6. The predicted octanol–water partition coefficient (Wildman–Crippen LogP) is 4.68. The van der Waals surface area contributed by atoms with Crippen molar-refractivity contribution in [3.8, 4) is 5.75 Å². The molecule has 25 heavy (non-hydrogen) atoms. The fourth-order valence-electron chi connectivity index (χ4n) is 2.62. The molecule has 2 aromatic rings. The minimum atomic E-state index is -4.49. The van der Waals surface area contributed by atoms with Gasteiger partial charge in [0.15, 0.2) is 0 Å². The van der Waals surface area contributed by atoms with Gasteiger partial charge in [0.2, 0.25) is 0 Å². The van der Waals surface area contributed by atoms with Gasteiger partial charge in [-0.3, -0.25) is 4.99 Å². The van der Waals surface area contributed by atoms with E-state index >= 15 is 0 Å². The third kappa shape index (κ3) is 3.58. The van der Waals surface area contributed by atoms with E-state index in [1.54, 1.807) is 0 Å². The van der Waals surface area contributed by atoms with E-state index in [0.717, 1.165) is 12.1 Å². The van der Waals surface area contributed by atoms with Crippen molar-refractivity contribution in [3.05, 3.63) is 51.6 Å². The summed E-state index contributed by atoms with van der Waals surface area (Å²) in [6.45, 7) is 3.39. The number of hydrogen-bond donors (Lipinski definition) is 1. The van der Waals surface area contributed by atoms with Crippen LogP contribution in [-0.4, -0.2) is 16.1 Å². The van der Waals surface area contributed by atoms with Gasteiger partial charge in [-0.15, -0.1) is 11.8 Å². The number of fused-ring (bicyclic) bond motifs is 1. The molecule has 0 fully saturated rings. The Morgan fingerprint density at radius 3 is 2.68 bits per heavy atom. The molecule has 1 aromatic heterocycles. The molecule has 2 heterocycles. The Balaban J connectivity index is 2.19. The Morgan fingerprint density at radius 2 is 2.04 bits per heavy atom. The molecule has 132 valence electrons. The number of rotatable bonds is 1. The Labute approximate surface area is 145 Å². The van der Waals surface area contributed by atoms with Crippen molar-refractivity contribution in [1.29, 1.82) is 0 Å². The van der Waals surface area contributed by atoms with E-state index in [9.17, 15) is 23.1 Å².